The number of aryl methyl sites for hydroxylation is 1. The van der Waals surface area contributed by atoms with Crippen molar-refractivity contribution in [2.75, 3.05) is 10.6 Å². The van der Waals surface area contributed by atoms with Crippen LogP contribution in [0.15, 0.2) is 73.1 Å². The predicted molar refractivity (Wildman–Crippen MR) is 149 cm³/mol. The number of nitrogens with zero attached hydrogens (tertiary/aromatic N) is 4. The molecule has 4 aromatic rings. The number of hydrogen-bond donors (Lipinski definition) is 2. The van der Waals surface area contributed by atoms with Crippen LogP contribution in [0.5, 0.6) is 0 Å². The summed E-state index contributed by atoms with van der Waals surface area (Å²) in [6.45, 7) is 0. The summed E-state index contributed by atoms with van der Waals surface area (Å²) in [6.07, 6.45) is 11.0. The SMILES string of the molecule is Cn1ccc(C(=O)Nc2ccc(NC(=O)c3cn(-c4ccccc4)nc3C34CC5CC(CC(C5)C3)C4)cc2)n1. The van der Waals surface area contributed by atoms with Gasteiger partial charge in [-0.15, -0.1) is 0 Å². The Hall–Kier alpha value is -4.20. The molecule has 0 radical (unpaired) electrons. The fraction of sp³-hybridized carbons (Fsp3) is 0.355. The lowest BCUT2D eigenvalue weighted by Gasteiger charge is -2.56. The molecule has 8 heteroatoms. The van der Waals surface area contributed by atoms with E-state index >= 15 is 0 Å². The molecule has 4 aliphatic rings. The number of benzene rings is 2. The summed E-state index contributed by atoms with van der Waals surface area (Å²) < 4.78 is 3.46. The standard InChI is InChI=1S/C31H32N6O2/c1-36-12-11-27(34-36)30(39)33-24-9-7-23(8-10-24)32-29(38)26-19-37(25-5-3-2-4-6-25)35-28(26)31-16-20-13-21(17-31)15-22(14-20)18-31/h2-12,19-22H,13-18H2,1H3,(H,32,38)(H,33,39). The maximum absolute atomic E-state index is 13.8. The van der Waals surface area contributed by atoms with Crippen molar-refractivity contribution < 1.29 is 9.59 Å². The number of aromatic nitrogens is 4. The Bertz CT molecular complexity index is 1500. The van der Waals surface area contributed by atoms with Crippen LogP contribution in [0.1, 0.15) is 65.1 Å². The number of rotatable bonds is 6. The van der Waals surface area contributed by atoms with Crippen LogP contribution in [0.2, 0.25) is 0 Å². The molecule has 0 saturated heterocycles. The monoisotopic (exact) mass is 520 g/mol. The van der Waals surface area contributed by atoms with Gasteiger partial charge >= 0.3 is 0 Å². The Morgan fingerprint density at radius 1 is 0.795 bits per heavy atom. The minimum Gasteiger partial charge on any atom is -0.322 e. The molecule has 2 aromatic heterocycles. The topological polar surface area (TPSA) is 93.8 Å². The Morgan fingerprint density at radius 2 is 1.38 bits per heavy atom. The van der Waals surface area contributed by atoms with Gasteiger partial charge in [-0.05, 0) is 98.7 Å². The molecule has 8 rings (SSSR count). The van der Waals surface area contributed by atoms with Crippen molar-refractivity contribution >= 4 is 23.2 Å². The van der Waals surface area contributed by atoms with E-state index in [-0.39, 0.29) is 17.2 Å². The first-order chi connectivity index (χ1) is 18.9. The quantitative estimate of drug-likeness (QED) is 0.347. The molecule has 2 aromatic carbocycles. The first-order valence-electron chi connectivity index (χ1n) is 13.8. The van der Waals surface area contributed by atoms with Gasteiger partial charge in [-0.3, -0.25) is 14.3 Å². The fourth-order valence-electron chi connectivity index (χ4n) is 7.61. The zero-order valence-electron chi connectivity index (χ0n) is 22.0. The van der Waals surface area contributed by atoms with E-state index in [1.807, 2.05) is 41.2 Å². The van der Waals surface area contributed by atoms with Gasteiger partial charge in [0.2, 0.25) is 0 Å². The molecule has 39 heavy (non-hydrogen) atoms. The number of carbonyl (C=O) groups excluding carboxylic acids is 2. The van der Waals surface area contributed by atoms with Crippen molar-refractivity contribution in [1.82, 2.24) is 19.6 Å². The van der Waals surface area contributed by atoms with E-state index in [9.17, 15) is 9.59 Å². The lowest BCUT2D eigenvalue weighted by Crippen LogP contribution is -2.49. The molecule has 0 atom stereocenters. The second-order valence-electron chi connectivity index (χ2n) is 11.7. The van der Waals surface area contributed by atoms with E-state index in [2.05, 4.69) is 15.7 Å². The lowest BCUT2D eigenvalue weighted by molar-refractivity contribution is -0.00765. The number of anilines is 2. The summed E-state index contributed by atoms with van der Waals surface area (Å²) in [5.41, 5.74) is 4.21. The molecule has 8 nitrogen and oxygen atoms in total. The van der Waals surface area contributed by atoms with Crippen LogP contribution in [-0.2, 0) is 12.5 Å². The van der Waals surface area contributed by atoms with Gasteiger partial charge in [0, 0.05) is 36.2 Å². The largest absolute Gasteiger partial charge is 0.322 e. The van der Waals surface area contributed by atoms with E-state index < -0.39 is 0 Å². The normalized spacial score (nSPS) is 25.0. The van der Waals surface area contributed by atoms with Crippen LogP contribution in [0.4, 0.5) is 11.4 Å². The van der Waals surface area contributed by atoms with Crippen molar-refractivity contribution in [3.05, 3.63) is 90.0 Å². The predicted octanol–water partition coefficient (Wildman–Crippen LogP) is 5.58. The number of amides is 2. The summed E-state index contributed by atoms with van der Waals surface area (Å²) >= 11 is 0. The van der Waals surface area contributed by atoms with Gasteiger partial charge in [-0.25, -0.2) is 4.68 Å². The van der Waals surface area contributed by atoms with Crippen molar-refractivity contribution in [2.24, 2.45) is 24.8 Å². The van der Waals surface area contributed by atoms with Gasteiger partial charge in [0.15, 0.2) is 5.69 Å². The van der Waals surface area contributed by atoms with E-state index in [1.54, 1.807) is 48.3 Å². The molecule has 2 amide bonds. The third-order valence-corrected chi connectivity index (χ3v) is 8.87. The number of hydrogen-bond acceptors (Lipinski definition) is 4. The van der Waals surface area contributed by atoms with Crippen molar-refractivity contribution in [3.63, 3.8) is 0 Å². The van der Waals surface area contributed by atoms with Gasteiger partial charge < -0.3 is 10.6 Å². The lowest BCUT2D eigenvalue weighted by atomic mass is 9.48. The van der Waals surface area contributed by atoms with Crippen molar-refractivity contribution in [3.8, 4) is 5.69 Å². The van der Waals surface area contributed by atoms with E-state index in [4.69, 9.17) is 5.10 Å². The highest BCUT2D eigenvalue weighted by atomic mass is 16.2. The Balaban J connectivity index is 1.15. The second kappa shape index (κ2) is 9.22. The summed E-state index contributed by atoms with van der Waals surface area (Å²) in [5.74, 6) is 1.84. The summed E-state index contributed by atoms with van der Waals surface area (Å²) in [6, 6.07) is 18.9. The molecule has 0 unspecified atom stereocenters. The molecule has 4 bridgehead atoms. The molecule has 4 saturated carbocycles. The third kappa shape index (κ3) is 4.43. The Kier molecular flexibility index (Phi) is 5.65. The van der Waals surface area contributed by atoms with Crippen LogP contribution >= 0.6 is 0 Å². The molecule has 4 aliphatic carbocycles. The van der Waals surface area contributed by atoms with Crippen LogP contribution in [0, 0.1) is 17.8 Å². The molecule has 198 valence electrons. The van der Waals surface area contributed by atoms with Gasteiger partial charge in [-0.2, -0.15) is 10.2 Å². The highest BCUT2D eigenvalue weighted by Crippen LogP contribution is 2.60. The molecule has 2 heterocycles. The molecular weight excluding hydrogens is 488 g/mol. The maximum Gasteiger partial charge on any atom is 0.276 e. The minimum atomic E-state index is -0.277. The minimum absolute atomic E-state index is 0.0128. The summed E-state index contributed by atoms with van der Waals surface area (Å²) in [4.78, 5) is 26.2. The van der Waals surface area contributed by atoms with Gasteiger partial charge in [0.25, 0.3) is 11.8 Å². The number of nitrogens with one attached hydrogen (secondary N) is 2. The molecular formula is C31H32N6O2. The third-order valence-electron chi connectivity index (χ3n) is 8.87. The van der Waals surface area contributed by atoms with Crippen LogP contribution < -0.4 is 10.6 Å². The van der Waals surface area contributed by atoms with Gasteiger partial charge in [0.05, 0.1) is 16.9 Å². The number of para-hydroxylation sites is 1. The molecule has 0 spiro atoms. The smallest absolute Gasteiger partial charge is 0.276 e. The number of carbonyl (C=O) groups is 2. The summed E-state index contributed by atoms with van der Waals surface area (Å²) in [7, 11) is 1.77. The van der Waals surface area contributed by atoms with Crippen LogP contribution in [0.25, 0.3) is 5.69 Å². The average molecular weight is 521 g/mol. The second-order valence-corrected chi connectivity index (χ2v) is 11.7. The first-order valence-corrected chi connectivity index (χ1v) is 13.8. The van der Waals surface area contributed by atoms with Crippen molar-refractivity contribution in [1.29, 1.82) is 0 Å². The average Bonchev–Trinajstić information content (AvgIpc) is 3.57. The first kappa shape index (κ1) is 23.9. The zero-order chi connectivity index (χ0) is 26.6. The summed E-state index contributed by atoms with van der Waals surface area (Å²) in [5, 5.41) is 15.2. The zero-order valence-corrected chi connectivity index (χ0v) is 22.0. The van der Waals surface area contributed by atoms with Gasteiger partial charge in [0.1, 0.15) is 0 Å². The molecule has 0 aliphatic heterocycles. The molecule has 4 fully saturated rings. The van der Waals surface area contributed by atoms with Crippen LogP contribution in [-0.4, -0.2) is 31.4 Å². The fourth-order valence-corrected chi connectivity index (χ4v) is 7.61. The Labute approximate surface area is 227 Å². The maximum atomic E-state index is 13.8. The molecule has 2 N–H and O–H groups in total. The highest BCUT2D eigenvalue weighted by molar-refractivity contribution is 6.06. The van der Waals surface area contributed by atoms with Crippen molar-refractivity contribution in [2.45, 2.75) is 43.9 Å². The van der Waals surface area contributed by atoms with Gasteiger partial charge in [-0.1, -0.05) is 18.2 Å². The highest BCUT2D eigenvalue weighted by Gasteiger charge is 2.53. The van der Waals surface area contributed by atoms with Crippen LogP contribution in [0.3, 0.4) is 0 Å². The van der Waals surface area contributed by atoms with E-state index in [0.717, 1.165) is 48.4 Å². The van der Waals surface area contributed by atoms with E-state index in [1.165, 1.54) is 19.3 Å². The van der Waals surface area contributed by atoms with E-state index in [0.29, 0.717) is 22.6 Å². The Morgan fingerprint density at radius 3 is 1.95 bits per heavy atom.